The van der Waals surface area contributed by atoms with Gasteiger partial charge in [0.05, 0.1) is 19.1 Å². The molecule has 0 N–H and O–H groups in total. The molecular weight excluding hydrogens is 338 g/mol. The number of sulfonamides is 1. The summed E-state index contributed by atoms with van der Waals surface area (Å²) in [5.41, 5.74) is 1.95. The van der Waals surface area contributed by atoms with Crippen molar-refractivity contribution >= 4 is 10.0 Å². The van der Waals surface area contributed by atoms with Crippen LogP contribution in [0, 0.1) is 0 Å². The summed E-state index contributed by atoms with van der Waals surface area (Å²) >= 11 is 0. The van der Waals surface area contributed by atoms with E-state index >= 15 is 0 Å². The summed E-state index contributed by atoms with van der Waals surface area (Å²) in [5.74, 6) is 1.20. The highest BCUT2D eigenvalue weighted by Crippen LogP contribution is 2.29. The van der Waals surface area contributed by atoms with Crippen LogP contribution >= 0.6 is 0 Å². The highest BCUT2D eigenvalue weighted by atomic mass is 32.2. The number of nitrogens with zero attached hydrogens (tertiary/aromatic N) is 1. The number of benzene rings is 2. The van der Waals surface area contributed by atoms with Crippen molar-refractivity contribution < 1.29 is 17.9 Å². The standard InChI is InChI=1S/C19H25NO4S/c1-5-15-7-10-17(11-8-15)25(21,22)20(6-2)14-16-9-12-18(23-3)19(13-16)24-4/h7-13H,5-6,14H2,1-4H3. The number of ether oxygens (including phenoxy) is 2. The third kappa shape index (κ3) is 4.32. The molecule has 2 aromatic rings. The van der Waals surface area contributed by atoms with Crippen molar-refractivity contribution in [3.05, 3.63) is 53.6 Å². The van der Waals surface area contributed by atoms with Crippen molar-refractivity contribution in [1.82, 2.24) is 4.31 Å². The van der Waals surface area contributed by atoms with Crippen molar-refractivity contribution in [2.24, 2.45) is 0 Å². The van der Waals surface area contributed by atoms with E-state index in [1.807, 2.05) is 32.0 Å². The van der Waals surface area contributed by atoms with Crippen molar-refractivity contribution in [2.45, 2.75) is 31.7 Å². The van der Waals surface area contributed by atoms with Gasteiger partial charge >= 0.3 is 0 Å². The van der Waals surface area contributed by atoms with Gasteiger partial charge < -0.3 is 9.47 Å². The lowest BCUT2D eigenvalue weighted by Crippen LogP contribution is -2.30. The van der Waals surface area contributed by atoms with E-state index in [1.54, 1.807) is 38.5 Å². The van der Waals surface area contributed by atoms with Crippen molar-refractivity contribution in [3.63, 3.8) is 0 Å². The monoisotopic (exact) mass is 363 g/mol. The maximum absolute atomic E-state index is 12.9. The molecule has 0 atom stereocenters. The van der Waals surface area contributed by atoms with Gasteiger partial charge in [0.2, 0.25) is 10.0 Å². The molecular formula is C19H25NO4S. The van der Waals surface area contributed by atoms with Gasteiger partial charge in [0.1, 0.15) is 0 Å². The molecule has 0 radical (unpaired) electrons. The lowest BCUT2D eigenvalue weighted by atomic mass is 10.2. The van der Waals surface area contributed by atoms with Crippen molar-refractivity contribution in [1.29, 1.82) is 0 Å². The first-order valence-electron chi connectivity index (χ1n) is 8.26. The minimum Gasteiger partial charge on any atom is -0.493 e. The first-order valence-corrected chi connectivity index (χ1v) is 9.70. The molecule has 0 saturated heterocycles. The number of hydrogen-bond donors (Lipinski definition) is 0. The molecule has 5 nitrogen and oxygen atoms in total. The molecule has 136 valence electrons. The van der Waals surface area contributed by atoms with Gasteiger partial charge in [-0.15, -0.1) is 0 Å². The Morgan fingerprint density at radius 2 is 1.48 bits per heavy atom. The second kappa shape index (κ2) is 8.36. The van der Waals surface area contributed by atoms with Gasteiger partial charge in [-0.05, 0) is 41.8 Å². The largest absolute Gasteiger partial charge is 0.493 e. The topological polar surface area (TPSA) is 55.8 Å². The van der Waals surface area contributed by atoms with Crippen LogP contribution in [0.15, 0.2) is 47.4 Å². The van der Waals surface area contributed by atoms with Crippen LogP contribution in [-0.2, 0) is 23.0 Å². The average molecular weight is 363 g/mol. The van der Waals surface area contributed by atoms with Gasteiger partial charge in [-0.25, -0.2) is 8.42 Å². The molecule has 0 aliphatic carbocycles. The molecule has 6 heteroatoms. The predicted molar refractivity (Wildman–Crippen MR) is 98.6 cm³/mol. The molecule has 2 aromatic carbocycles. The number of hydrogen-bond acceptors (Lipinski definition) is 4. The van der Waals surface area contributed by atoms with Crippen LogP contribution in [0.2, 0.25) is 0 Å². The summed E-state index contributed by atoms with van der Waals surface area (Å²) in [6.45, 7) is 4.53. The molecule has 0 unspecified atom stereocenters. The maximum atomic E-state index is 12.9. The molecule has 0 spiro atoms. The molecule has 25 heavy (non-hydrogen) atoms. The first kappa shape index (κ1) is 19.3. The van der Waals surface area contributed by atoms with Crippen LogP contribution in [0.3, 0.4) is 0 Å². The van der Waals surface area contributed by atoms with Crippen LogP contribution in [0.5, 0.6) is 11.5 Å². The third-order valence-electron chi connectivity index (χ3n) is 4.13. The van der Waals surface area contributed by atoms with Gasteiger partial charge in [0.25, 0.3) is 0 Å². The molecule has 0 aliphatic heterocycles. The Kier molecular flexibility index (Phi) is 6.45. The quantitative estimate of drug-likeness (QED) is 0.720. The van der Waals surface area contributed by atoms with E-state index in [-0.39, 0.29) is 6.54 Å². The minimum atomic E-state index is -3.55. The van der Waals surface area contributed by atoms with Gasteiger partial charge in [-0.1, -0.05) is 32.0 Å². The van der Waals surface area contributed by atoms with Crippen molar-refractivity contribution in [3.8, 4) is 11.5 Å². The van der Waals surface area contributed by atoms with E-state index in [9.17, 15) is 8.42 Å². The Morgan fingerprint density at radius 3 is 2.00 bits per heavy atom. The molecule has 0 aliphatic rings. The van der Waals surface area contributed by atoms with E-state index in [4.69, 9.17) is 9.47 Å². The molecule has 0 aromatic heterocycles. The Labute approximate surface area is 150 Å². The van der Waals surface area contributed by atoms with Crippen LogP contribution in [-0.4, -0.2) is 33.5 Å². The van der Waals surface area contributed by atoms with Crippen LogP contribution < -0.4 is 9.47 Å². The summed E-state index contributed by atoms with van der Waals surface area (Å²) in [5, 5.41) is 0. The Morgan fingerprint density at radius 1 is 0.880 bits per heavy atom. The molecule has 0 bridgehead atoms. The molecule has 0 heterocycles. The fraction of sp³-hybridized carbons (Fsp3) is 0.368. The number of aryl methyl sites for hydroxylation is 1. The molecule has 0 amide bonds. The predicted octanol–water partition coefficient (Wildman–Crippen LogP) is 3.48. The van der Waals surface area contributed by atoms with E-state index in [0.717, 1.165) is 17.5 Å². The van der Waals surface area contributed by atoms with E-state index < -0.39 is 10.0 Å². The second-order valence-corrected chi connectivity index (χ2v) is 7.56. The highest BCUT2D eigenvalue weighted by Gasteiger charge is 2.23. The summed E-state index contributed by atoms with van der Waals surface area (Å²) in [4.78, 5) is 0.312. The zero-order valence-corrected chi connectivity index (χ0v) is 16.0. The molecule has 0 saturated carbocycles. The van der Waals surface area contributed by atoms with E-state index in [1.165, 1.54) is 4.31 Å². The number of rotatable bonds is 8. The summed E-state index contributed by atoms with van der Waals surface area (Å²) in [7, 11) is -0.418. The Balaban J connectivity index is 2.29. The molecule has 2 rings (SSSR count). The van der Waals surface area contributed by atoms with Crippen LogP contribution in [0.4, 0.5) is 0 Å². The summed E-state index contributed by atoms with van der Waals surface area (Å²) < 4.78 is 37.8. The van der Waals surface area contributed by atoms with Gasteiger partial charge in [0.15, 0.2) is 11.5 Å². The first-order chi connectivity index (χ1) is 12.0. The molecule has 0 fully saturated rings. The minimum absolute atomic E-state index is 0.273. The zero-order valence-electron chi connectivity index (χ0n) is 15.2. The fourth-order valence-electron chi connectivity index (χ4n) is 2.60. The van der Waals surface area contributed by atoms with Crippen LogP contribution in [0.25, 0.3) is 0 Å². The Bertz CT molecular complexity index is 801. The van der Waals surface area contributed by atoms with Gasteiger partial charge in [-0.2, -0.15) is 4.31 Å². The Hall–Kier alpha value is -2.05. The lowest BCUT2D eigenvalue weighted by Gasteiger charge is -2.21. The summed E-state index contributed by atoms with van der Waals surface area (Å²) in [6.07, 6.45) is 0.878. The van der Waals surface area contributed by atoms with E-state index in [0.29, 0.717) is 22.9 Å². The average Bonchev–Trinajstić information content (AvgIpc) is 2.65. The SMILES string of the molecule is CCc1ccc(S(=O)(=O)N(CC)Cc2ccc(OC)c(OC)c2)cc1. The van der Waals surface area contributed by atoms with Gasteiger partial charge in [0, 0.05) is 13.1 Å². The summed E-state index contributed by atoms with van der Waals surface area (Å²) in [6, 6.07) is 12.5. The fourth-order valence-corrected chi connectivity index (χ4v) is 4.03. The van der Waals surface area contributed by atoms with E-state index in [2.05, 4.69) is 0 Å². The number of methoxy groups -OCH3 is 2. The zero-order chi connectivity index (χ0) is 18.4. The van der Waals surface area contributed by atoms with Crippen LogP contribution in [0.1, 0.15) is 25.0 Å². The second-order valence-electron chi connectivity index (χ2n) is 5.62. The highest BCUT2D eigenvalue weighted by molar-refractivity contribution is 7.89. The lowest BCUT2D eigenvalue weighted by molar-refractivity contribution is 0.353. The van der Waals surface area contributed by atoms with Crippen molar-refractivity contribution in [2.75, 3.05) is 20.8 Å². The third-order valence-corrected chi connectivity index (χ3v) is 6.06. The van der Waals surface area contributed by atoms with Gasteiger partial charge in [-0.3, -0.25) is 0 Å². The normalized spacial score (nSPS) is 11.6. The maximum Gasteiger partial charge on any atom is 0.243 e. The smallest absolute Gasteiger partial charge is 0.243 e.